The average molecular weight is 606 g/mol. The molecule has 2 aromatic heterocycles. The van der Waals surface area contributed by atoms with Gasteiger partial charge in [-0.15, -0.1) is 11.3 Å². The summed E-state index contributed by atoms with van der Waals surface area (Å²) in [7, 11) is -4.17. The maximum Gasteiger partial charge on any atom is 0.333 e. The molecule has 4 N–H and O–H groups in total. The Balaban J connectivity index is 1.32. The van der Waals surface area contributed by atoms with Crippen LogP contribution >= 0.6 is 22.9 Å². The molecule has 0 bridgehead atoms. The number of fused-ring (bicyclic) bond motifs is 1. The van der Waals surface area contributed by atoms with Gasteiger partial charge in [0.25, 0.3) is 15.6 Å². The lowest BCUT2D eigenvalue weighted by atomic mass is 10.1. The van der Waals surface area contributed by atoms with Crippen molar-refractivity contribution in [3.8, 4) is 11.6 Å². The van der Waals surface area contributed by atoms with Gasteiger partial charge in [0.05, 0.1) is 10.0 Å². The summed E-state index contributed by atoms with van der Waals surface area (Å²) >= 11 is 6.52. The lowest BCUT2D eigenvalue weighted by Crippen LogP contribution is -2.34. The Bertz CT molecular complexity index is 1750. The van der Waals surface area contributed by atoms with E-state index in [4.69, 9.17) is 11.6 Å². The maximum atomic E-state index is 15.1. The van der Waals surface area contributed by atoms with Crippen molar-refractivity contribution in [1.82, 2.24) is 14.2 Å². The summed E-state index contributed by atoms with van der Waals surface area (Å²) in [6.45, 7) is 3.85. The predicted octanol–water partition coefficient (Wildman–Crippen LogP) is 4.57. The minimum atomic E-state index is -4.17. The fourth-order valence-electron chi connectivity index (χ4n) is 4.55. The van der Waals surface area contributed by atoms with Crippen LogP contribution in [0, 0.1) is 5.82 Å². The number of likely N-dealkylation sites (tertiary alicyclic amines) is 1. The van der Waals surface area contributed by atoms with E-state index in [9.17, 15) is 23.1 Å². The second-order valence-corrected chi connectivity index (χ2v) is 12.8. The predicted molar refractivity (Wildman–Crippen MR) is 154 cm³/mol. The summed E-state index contributed by atoms with van der Waals surface area (Å²) in [5.41, 5.74) is -0.176. The monoisotopic (exact) mass is 605 g/mol. The highest BCUT2D eigenvalue weighted by Crippen LogP contribution is 2.29. The van der Waals surface area contributed by atoms with Crippen molar-refractivity contribution in [3.05, 3.63) is 75.1 Å². The maximum absolute atomic E-state index is 15.1. The summed E-state index contributed by atoms with van der Waals surface area (Å²) < 4.78 is 42.4. The van der Waals surface area contributed by atoms with Crippen LogP contribution in [0.5, 0.6) is 5.88 Å². The van der Waals surface area contributed by atoms with Crippen LogP contribution in [0.2, 0.25) is 4.34 Å². The van der Waals surface area contributed by atoms with Gasteiger partial charge in [-0.3, -0.25) is 4.79 Å². The first-order valence-electron chi connectivity index (χ1n) is 12.3. The third-order valence-corrected chi connectivity index (χ3v) is 9.50. The number of amides is 2. The minimum Gasteiger partial charge on any atom is -0.494 e. The number of carbonyl (C=O) groups excluding carboxylic acids is 1. The molecule has 0 spiro atoms. The number of aromatic nitrogens is 1. The number of thiophene rings is 1. The minimum absolute atomic E-state index is 0.0730. The number of nitrogens with zero attached hydrogens (tertiary/aromatic N) is 2. The number of sulfonamides is 1. The molecule has 14 heteroatoms. The van der Waals surface area contributed by atoms with Gasteiger partial charge in [0.2, 0.25) is 5.88 Å². The van der Waals surface area contributed by atoms with Gasteiger partial charge in [0.15, 0.2) is 0 Å². The number of urea groups is 1. The highest BCUT2D eigenvalue weighted by molar-refractivity contribution is 7.92. The number of rotatable bonds is 8. The van der Waals surface area contributed by atoms with Gasteiger partial charge in [-0.25, -0.2) is 26.9 Å². The Morgan fingerprint density at radius 3 is 2.50 bits per heavy atom. The van der Waals surface area contributed by atoms with Crippen LogP contribution in [0.3, 0.4) is 0 Å². The smallest absolute Gasteiger partial charge is 0.333 e. The lowest BCUT2D eigenvalue weighted by molar-refractivity contribution is 0.256. The molecule has 2 aromatic carbocycles. The van der Waals surface area contributed by atoms with E-state index in [0.717, 1.165) is 53.8 Å². The van der Waals surface area contributed by atoms with Gasteiger partial charge >= 0.3 is 6.03 Å². The zero-order valence-electron chi connectivity index (χ0n) is 21.0. The Morgan fingerprint density at radius 2 is 1.80 bits per heavy atom. The van der Waals surface area contributed by atoms with Crippen molar-refractivity contribution >= 4 is 61.1 Å². The third kappa shape index (κ3) is 6.07. The second kappa shape index (κ2) is 11.5. The highest BCUT2D eigenvalue weighted by Gasteiger charge is 2.21. The zero-order chi connectivity index (χ0) is 28.4. The molecule has 0 unspecified atom stereocenters. The molecule has 1 aliphatic heterocycles. The zero-order valence-corrected chi connectivity index (χ0v) is 23.4. The van der Waals surface area contributed by atoms with E-state index in [1.54, 1.807) is 18.2 Å². The molecule has 0 atom stereocenters. The van der Waals surface area contributed by atoms with E-state index in [1.165, 1.54) is 43.2 Å². The van der Waals surface area contributed by atoms with Crippen LogP contribution in [-0.2, 0) is 10.0 Å². The van der Waals surface area contributed by atoms with Crippen molar-refractivity contribution in [2.24, 2.45) is 0 Å². The number of carbonyl (C=O) groups is 1. The Labute approximate surface area is 238 Å². The van der Waals surface area contributed by atoms with Crippen LogP contribution in [0.1, 0.15) is 12.8 Å². The molecule has 10 nitrogen and oxygen atoms in total. The van der Waals surface area contributed by atoms with E-state index in [2.05, 4.69) is 15.5 Å². The molecule has 1 saturated heterocycles. The highest BCUT2D eigenvalue weighted by atomic mass is 35.5. The van der Waals surface area contributed by atoms with Gasteiger partial charge in [-0.2, -0.15) is 0 Å². The number of aromatic hydroxyl groups is 1. The fraction of sp³-hybridized carbons (Fsp3) is 0.231. The molecule has 0 radical (unpaired) electrons. The van der Waals surface area contributed by atoms with Crippen molar-refractivity contribution in [3.63, 3.8) is 0 Å². The molecule has 0 saturated carbocycles. The van der Waals surface area contributed by atoms with E-state index in [1.807, 2.05) is 4.72 Å². The molecule has 40 heavy (non-hydrogen) atoms. The van der Waals surface area contributed by atoms with E-state index < -0.39 is 33.3 Å². The topological polar surface area (TPSA) is 133 Å². The molecule has 4 aromatic rings. The van der Waals surface area contributed by atoms with Crippen LogP contribution in [-0.4, -0.2) is 55.2 Å². The quantitative estimate of drug-likeness (QED) is 0.231. The van der Waals surface area contributed by atoms with Crippen LogP contribution in [0.15, 0.2) is 63.6 Å². The van der Waals surface area contributed by atoms with Gasteiger partial charge in [-0.1, -0.05) is 11.6 Å². The molecule has 2 amide bonds. The number of benzene rings is 2. The van der Waals surface area contributed by atoms with Crippen LogP contribution < -0.4 is 20.9 Å². The SMILES string of the molecule is O=C(Nc1ccc(-n2c(O)c3ccc(NCCN4CCCC4)cc3cc2=O)c(F)c1)NS(=O)(=O)c1ccc(Cl)s1. The first-order chi connectivity index (χ1) is 19.1. The number of nitrogens with one attached hydrogen (secondary N) is 3. The van der Waals surface area contributed by atoms with E-state index >= 15 is 4.39 Å². The second-order valence-electron chi connectivity index (χ2n) is 9.20. The first kappa shape index (κ1) is 27.9. The number of halogens is 2. The summed E-state index contributed by atoms with van der Waals surface area (Å²) in [5, 5.41) is 17.3. The third-order valence-electron chi connectivity index (χ3n) is 6.45. The standard InChI is InChI=1S/C26H25ClFN5O5S2/c27-22-7-8-24(39-22)40(37,38)31-26(36)30-18-4-6-21(20(28)15-18)33-23(34)14-16-13-17(3-5-19(16)25(33)35)29-9-12-32-10-1-2-11-32/h3-8,13-15,29,35H,1-2,9-12H2,(H2,30,31,36). The van der Waals surface area contributed by atoms with Gasteiger partial charge in [0, 0.05) is 35.9 Å². The summed E-state index contributed by atoms with van der Waals surface area (Å²) in [6.07, 6.45) is 2.43. The molecule has 3 heterocycles. The van der Waals surface area contributed by atoms with Gasteiger partial charge in [-0.05, 0) is 79.8 Å². The normalized spacial score (nSPS) is 13.9. The molecule has 0 aliphatic carbocycles. The number of hydrogen-bond acceptors (Lipinski definition) is 8. The molecule has 1 fully saturated rings. The number of hydrogen-bond donors (Lipinski definition) is 4. The summed E-state index contributed by atoms with van der Waals surface area (Å²) in [6, 6.07) is 11.4. The summed E-state index contributed by atoms with van der Waals surface area (Å²) in [5.74, 6) is -1.37. The molecule has 210 valence electrons. The Morgan fingerprint density at radius 1 is 1.05 bits per heavy atom. The number of pyridine rings is 1. The van der Waals surface area contributed by atoms with E-state index in [-0.39, 0.29) is 19.9 Å². The Hall–Kier alpha value is -3.65. The largest absolute Gasteiger partial charge is 0.494 e. The van der Waals surface area contributed by atoms with Crippen LogP contribution in [0.25, 0.3) is 16.5 Å². The molecular formula is C26H25ClFN5O5S2. The molecule has 1 aliphatic rings. The first-order valence-corrected chi connectivity index (χ1v) is 15.0. The fourth-order valence-corrected chi connectivity index (χ4v) is 6.94. The van der Waals surface area contributed by atoms with Crippen molar-refractivity contribution in [1.29, 1.82) is 0 Å². The Kier molecular flexibility index (Phi) is 7.99. The number of anilines is 2. The van der Waals surface area contributed by atoms with Crippen molar-refractivity contribution in [2.75, 3.05) is 36.8 Å². The molecule has 5 rings (SSSR count). The van der Waals surface area contributed by atoms with Gasteiger partial charge in [0.1, 0.15) is 10.0 Å². The summed E-state index contributed by atoms with van der Waals surface area (Å²) in [4.78, 5) is 27.5. The van der Waals surface area contributed by atoms with Crippen LogP contribution in [0.4, 0.5) is 20.6 Å². The van der Waals surface area contributed by atoms with Gasteiger partial charge < -0.3 is 20.6 Å². The van der Waals surface area contributed by atoms with Crippen molar-refractivity contribution < 1.29 is 22.7 Å². The van der Waals surface area contributed by atoms with E-state index in [0.29, 0.717) is 10.8 Å². The average Bonchev–Trinajstić information content (AvgIpc) is 3.57. The lowest BCUT2D eigenvalue weighted by Gasteiger charge is -2.16. The van der Waals surface area contributed by atoms with Crippen molar-refractivity contribution in [2.45, 2.75) is 17.1 Å². The molecular weight excluding hydrogens is 581 g/mol.